The summed E-state index contributed by atoms with van der Waals surface area (Å²) in [6.07, 6.45) is 5.89. The molecule has 0 unspecified atom stereocenters. The molecular formula is C13H16ClN5O2S. The van der Waals surface area contributed by atoms with Crippen LogP contribution in [0.5, 0.6) is 0 Å². The van der Waals surface area contributed by atoms with Crippen LogP contribution < -0.4 is 0 Å². The monoisotopic (exact) mass is 341 g/mol. The highest BCUT2D eigenvalue weighted by atomic mass is 35.5. The normalized spacial score (nSPS) is 17.7. The van der Waals surface area contributed by atoms with Crippen LogP contribution in [0.4, 0.5) is 0 Å². The summed E-state index contributed by atoms with van der Waals surface area (Å²) in [5, 5.41) is 4.44. The van der Waals surface area contributed by atoms with Crippen molar-refractivity contribution >= 4 is 21.6 Å². The molecule has 0 bridgehead atoms. The lowest BCUT2D eigenvalue weighted by Crippen LogP contribution is -2.39. The molecule has 0 spiro atoms. The fourth-order valence-electron chi connectivity index (χ4n) is 2.58. The lowest BCUT2D eigenvalue weighted by atomic mass is 10.1. The van der Waals surface area contributed by atoms with Gasteiger partial charge in [-0.15, -0.1) is 0 Å². The Morgan fingerprint density at radius 3 is 2.64 bits per heavy atom. The van der Waals surface area contributed by atoms with Crippen LogP contribution in [-0.4, -0.2) is 45.6 Å². The predicted molar refractivity (Wildman–Crippen MR) is 81.0 cm³/mol. The first kappa shape index (κ1) is 15.4. The molecule has 0 aliphatic carbocycles. The summed E-state index contributed by atoms with van der Waals surface area (Å²) in [5.74, 6) is 0. The molecule has 9 heteroatoms. The van der Waals surface area contributed by atoms with Gasteiger partial charge in [-0.25, -0.2) is 23.1 Å². The second-order valence-electron chi connectivity index (χ2n) is 5.29. The Morgan fingerprint density at radius 1 is 1.32 bits per heavy atom. The minimum atomic E-state index is -3.53. The van der Waals surface area contributed by atoms with Gasteiger partial charge >= 0.3 is 0 Å². The van der Waals surface area contributed by atoms with Gasteiger partial charge in [0.05, 0.1) is 6.04 Å². The van der Waals surface area contributed by atoms with Crippen molar-refractivity contribution in [2.45, 2.75) is 30.7 Å². The summed E-state index contributed by atoms with van der Waals surface area (Å²) >= 11 is 5.86. The first-order valence-electron chi connectivity index (χ1n) is 6.95. The van der Waals surface area contributed by atoms with E-state index >= 15 is 0 Å². The highest BCUT2D eigenvalue weighted by Gasteiger charge is 2.30. The highest BCUT2D eigenvalue weighted by molar-refractivity contribution is 7.89. The van der Waals surface area contributed by atoms with Gasteiger partial charge in [-0.3, -0.25) is 0 Å². The van der Waals surface area contributed by atoms with Crippen LogP contribution in [0.3, 0.4) is 0 Å². The maximum Gasteiger partial charge on any atom is 0.244 e. The Kier molecular flexibility index (Phi) is 4.16. The van der Waals surface area contributed by atoms with Gasteiger partial charge in [-0.2, -0.15) is 9.40 Å². The van der Waals surface area contributed by atoms with Crippen molar-refractivity contribution in [3.05, 3.63) is 35.6 Å². The summed E-state index contributed by atoms with van der Waals surface area (Å²) < 4.78 is 28.6. The second kappa shape index (κ2) is 5.94. The lowest BCUT2D eigenvalue weighted by molar-refractivity contribution is 0.260. The van der Waals surface area contributed by atoms with Crippen molar-refractivity contribution in [3.63, 3.8) is 0 Å². The number of sulfonamides is 1. The molecule has 2 aromatic rings. The summed E-state index contributed by atoms with van der Waals surface area (Å²) in [4.78, 5) is 8.05. The average Bonchev–Trinajstić information content (AvgIpc) is 3.04. The molecule has 0 radical (unpaired) electrons. The Morgan fingerprint density at radius 2 is 2.05 bits per heavy atom. The summed E-state index contributed by atoms with van der Waals surface area (Å²) in [7, 11) is -3.53. The summed E-state index contributed by atoms with van der Waals surface area (Å²) in [6, 6.07) is 1.76. The van der Waals surface area contributed by atoms with Crippen molar-refractivity contribution < 1.29 is 8.42 Å². The topological polar surface area (TPSA) is 81.0 Å². The Hall–Kier alpha value is -1.51. The third-order valence-electron chi connectivity index (χ3n) is 3.86. The number of rotatable bonds is 3. The zero-order valence-corrected chi connectivity index (χ0v) is 13.6. The summed E-state index contributed by atoms with van der Waals surface area (Å²) in [6.45, 7) is 2.65. The van der Waals surface area contributed by atoms with E-state index in [1.54, 1.807) is 24.0 Å². The maximum absolute atomic E-state index is 12.7. The molecule has 3 rings (SSSR count). The summed E-state index contributed by atoms with van der Waals surface area (Å²) in [5.41, 5.74) is 0.653. The third kappa shape index (κ3) is 2.86. The van der Waals surface area contributed by atoms with Crippen LogP contribution in [0.1, 0.15) is 24.4 Å². The van der Waals surface area contributed by atoms with Gasteiger partial charge in [0, 0.05) is 19.3 Å². The van der Waals surface area contributed by atoms with E-state index in [1.165, 1.54) is 16.8 Å². The van der Waals surface area contributed by atoms with Gasteiger partial charge in [0.2, 0.25) is 10.0 Å². The smallest absolute Gasteiger partial charge is 0.244 e. The van der Waals surface area contributed by atoms with E-state index in [9.17, 15) is 8.42 Å². The van der Waals surface area contributed by atoms with E-state index < -0.39 is 10.0 Å². The molecule has 0 amide bonds. The number of aryl methyl sites for hydroxylation is 1. The lowest BCUT2D eigenvalue weighted by Gasteiger charge is -2.31. The number of piperidine rings is 1. The highest BCUT2D eigenvalue weighted by Crippen LogP contribution is 2.27. The number of aromatic nitrogens is 4. The molecule has 0 N–H and O–H groups in total. The standard InChI is InChI=1S/C13H16ClN5O2S/c1-10-6-12(7-16-13(10)14)22(20,21)18-4-2-11(3-5-18)19-9-15-8-17-19/h6-9,11H,2-5H2,1H3. The molecule has 1 fully saturated rings. The minimum absolute atomic E-state index is 0.189. The van der Waals surface area contributed by atoms with Gasteiger partial charge in [-0.05, 0) is 31.4 Å². The third-order valence-corrected chi connectivity index (χ3v) is 6.12. The van der Waals surface area contributed by atoms with E-state index in [0.29, 0.717) is 36.6 Å². The van der Waals surface area contributed by atoms with Crippen LogP contribution in [0.2, 0.25) is 5.15 Å². The zero-order chi connectivity index (χ0) is 15.7. The molecule has 2 aromatic heterocycles. The van der Waals surface area contributed by atoms with E-state index in [4.69, 9.17) is 11.6 Å². The molecule has 0 atom stereocenters. The molecule has 118 valence electrons. The van der Waals surface area contributed by atoms with Gasteiger partial charge in [-0.1, -0.05) is 11.6 Å². The molecule has 0 aromatic carbocycles. The molecule has 3 heterocycles. The van der Waals surface area contributed by atoms with E-state index in [1.807, 2.05) is 0 Å². The van der Waals surface area contributed by atoms with E-state index in [-0.39, 0.29) is 10.9 Å². The Labute approximate surface area is 134 Å². The molecule has 0 saturated carbocycles. The maximum atomic E-state index is 12.7. The van der Waals surface area contributed by atoms with Crippen molar-refractivity contribution in [1.29, 1.82) is 0 Å². The SMILES string of the molecule is Cc1cc(S(=O)(=O)N2CCC(n3cncn3)CC2)cnc1Cl. The van der Waals surface area contributed by atoms with Crippen molar-refractivity contribution in [2.75, 3.05) is 13.1 Å². The van der Waals surface area contributed by atoms with Gasteiger partial charge in [0.15, 0.2) is 0 Å². The van der Waals surface area contributed by atoms with E-state index in [0.717, 1.165) is 0 Å². The van der Waals surface area contributed by atoms with Crippen LogP contribution >= 0.6 is 11.6 Å². The zero-order valence-electron chi connectivity index (χ0n) is 12.1. The van der Waals surface area contributed by atoms with Crippen LogP contribution in [0.15, 0.2) is 29.8 Å². The number of halogens is 1. The van der Waals surface area contributed by atoms with Gasteiger partial charge in [0.1, 0.15) is 22.7 Å². The Balaban J connectivity index is 1.75. The predicted octanol–water partition coefficient (Wildman–Crippen LogP) is 1.66. The molecule has 22 heavy (non-hydrogen) atoms. The second-order valence-corrected chi connectivity index (χ2v) is 7.59. The first-order chi connectivity index (χ1) is 10.5. The van der Waals surface area contributed by atoms with Crippen LogP contribution in [0.25, 0.3) is 0 Å². The number of hydrogen-bond donors (Lipinski definition) is 0. The van der Waals surface area contributed by atoms with Crippen LogP contribution in [-0.2, 0) is 10.0 Å². The Bertz CT molecular complexity index is 755. The largest absolute Gasteiger partial charge is 0.250 e. The van der Waals surface area contributed by atoms with Gasteiger partial charge < -0.3 is 0 Å². The minimum Gasteiger partial charge on any atom is -0.250 e. The molecule has 1 saturated heterocycles. The molecule has 7 nitrogen and oxygen atoms in total. The molecular weight excluding hydrogens is 326 g/mol. The number of nitrogens with zero attached hydrogens (tertiary/aromatic N) is 5. The number of pyridine rings is 1. The molecule has 1 aliphatic heterocycles. The average molecular weight is 342 g/mol. The fraction of sp³-hybridized carbons (Fsp3) is 0.462. The van der Waals surface area contributed by atoms with Crippen molar-refractivity contribution in [1.82, 2.24) is 24.1 Å². The van der Waals surface area contributed by atoms with E-state index in [2.05, 4.69) is 15.1 Å². The van der Waals surface area contributed by atoms with Crippen molar-refractivity contribution in [2.24, 2.45) is 0 Å². The first-order valence-corrected chi connectivity index (χ1v) is 8.76. The molecule has 1 aliphatic rings. The fourth-order valence-corrected chi connectivity index (χ4v) is 4.18. The van der Waals surface area contributed by atoms with Crippen LogP contribution in [0, 0.1) is 6.92 Å². The number of hydrogen-bond acceptors (Lipinski definition) is 5. The van der Waals surface area contributed by atoms with Crippen molar-refractivity contribution in [3.8, 4) is 0 Å². The van der Waals surface area contributed by atoms with Gasteiger partial charge in [0.25, 0.3) is 0 Å². The quantitative estimate of drug-likeness (QED) is 0.793.